The first-order chi connectivity index (χ1) is 20.4. The molecule has 2 amide bonds. The molecule has 0 aliphatic carbocycles. The fraction of sp³-hybridized carbons (Fsp3) is 0.355. The van der Waals surface area contributed by atoms with E-state index in [2.05, 4.69) is 27.3 Å². The first-order valence-electron chi connectivity index (χ1n) is 14.2. The van der Waals surface area contributed by atoms with Gasteiger partial charge in [-0.3, -0.25) is 14.9 Å². The summed E-state index contributed by atoms with van der Waals surface area (Å²) in [6, 6.07) is 14.9. The number of likely N-dealkylation sites (tertiary alicyclic amines) is 1. The number of ether oxygens (including phenoxy) is 1. The summed E-state index contributed by atoms with van der Waals surface area (Å²) < 4.78 is 21.5. The molecule has 6 rings (SSSR count). The summed E-state index contributed by atoms with van der Waals surface area (Å²) in [5, 5.41) is 5.49. The lowest BCUT2D eigenvalue weighted by atomic mass is 10.1. The molecule has 2 saturated heterocycles. The molecule has 42 heavy (non-hydrogen) atoms. The normalized spacial score (nSPS) is 18.7. The molecule has 0 spiro atoms. The van der Waals surface area contributed by atoms with Gasteiger partial charge in [-0.05, 0) is 79.8 Å². The molecule has 5 heterocycles. The Bertz CT molecular complexity index is 1550. The van der Waals surface area contributed by atoms with Crippen molar-refractivity contribution in [2.24, 2.45) is 0 Å². The van der Waals surface area contributed by atoms with Gasteiger partial charge in [0.05, 0.1) is 18.3 Å². The molecule has 0 bridgehead atoms. The average Bonchev–Trinajstić information content (AvgIpc) is 3.75. The van der Waals surface area contributed by atoms with Crippen molar-refractivity contribution in [2.45, 2.75) is 51.3 Å². The van der Waals surface area contributed by atoms with Crippen LogP contribution in [0.25, 0.3) is 0 Å². The largest absolute Gasteiger partial charge is 0.489 e. The van der Waals surface area contributed by atoms with E-state index in [1.54, 1.807) is 35.9 Å². The SMILES string of the molecule is CC(=O)N1CCCC(Oc2ccc(N3CCCC3c3csc(NC(=O)c4cccn4Cc4ccnc(F)c4)n3)cc2)C1. The smallest absolute Gasteiger partial charge is 0.274 e. The lowest BCUT2D eigenvalue weighted by Crippen LogP contribution is -2.43. The van der Waals surface area contributed by atoms with Gasteiger partial charge >= 0.3 is 0 Å². The van der Waals surface area contributed by atoms with Crippen molar-refractivity contribution < 1.29 is 18.7 Å². The molecule has 9 nitrogen and oxygen atoms in total. The number of nitrogens with zero attached hydrogens (tertiary/aromatic N) is 5. The Balaban J connectivity index is 1.08. The summed E-state index contributed by atoms with van der Waals surface area (Å²) in [5.74, 6) is 0.0887. The fourth-order valence-electron chi connectivity index (χ4n) is 5.77. The summed E-state index contributed by atoms with van der Waals surface area (Å²) in [6.45, 7) is 4.32. The molecule has 0 radical (unpaired) electrons. The monoisotopic (exact) mass is 588 g/mol. The number of halogens is 1. The van der Waals surface area contributed by atoms with Crippen molar-refractivity contribution in [3.05, 3.63) is 89.2 Å². The van der Waals surface area contributed by atoms with Gasteiger partial charge in [-0.25, -0.2) is 9.97 Å². The molecule has 1 aromatic carbocycles. The maximum atomic E-state index is 13.5. The van der Waals surface area contributed by atoms with E-state index in [4.69, 9.17) is 9.72 Å². The number of piperidine rings is 1. The van der Waals surface area contributed by atoms with E-state index in [0.29, 0.717) is 23.9 Å². The van der Waals surface area contributed by atoms with Crippen LogP contribution in [-0.2, 0) is 11.3 Å². The third kappa shape index (κ3) is 6.30. The van der Waals surface area contributed by atoms with Crippen LogP contribution in [0.5, 0.6) is 5.75 Å². The number of hydrogen-bond acceptors (Lipinski definition) is 7. The van der Waals surface area contributed by atoms with Crippen LogP contribution in [-0.4, -0.2) is 57.0 Å². The molecule has 218 valence electrons. The zero-order chi connectivity index (χ0) is 29.1. The van der Waals surface area contributed by atoms with Gasteiger partial charge in [-0.1, -0.05) is 0 Å². The first kappa shape index (κ1) is 27.9. The summed E-state index contributed by atoms with van der Waals surface area (Å²) in [4.78, 5) is 37.4. The molecule has 2 fully saturated rings. The second-order valence-electron chi connectivity index (χ2n) is 10.7. The van der Waals surface area contributed by atoms with E-state index in [1.807, 2.05) is 22.4 Å². The second-order valence-corrected chi connectivity index (χ2v) is 11.6. The number of benzene rings is 1. The van der Waals surface area contributed by atoms with Gasteiger partial charge < -0.3 is 19.1 Å². The van der Waals surface area contributed by atoms with Crippen molar-refractivity contribution in [1.29, 1.82) is 0 Å². The van der Waals surface area contributed by atoms with Crippen LogP contribution in [0.2, 0.25) is 0 Å². The molecule has 2 aliphatic rings. The highest BCUT2D eigenvalue weighted by molar-refractivity contribution is 7.14. The van der Waals surface area contributed by atoms with Crippen LogP contribution in [0.4, 0.5) is 15.2 Å². The highest BCUT2D eigenvalue weighted by Gasteiger charge is 2.29. The quantitative estimate of drug-likeness (QED) is 0.273. The zero-order valence-corrected chi connectivity index (χ0v) is 24.2. The highest BCUT2D eigenvalue weighted by Crippen LogP contribution is 2.38. The number of amides is 2. The maximum absolute atomic E-state index is 13.5. The number of rotatable bonds is 8. The molecular weight excluding hydrogens is 555 g/mol. The number of thiazole rings is 1. The Morgan fingerprint density at radius 1 is 1.12 bits per heavy atom. The van der Waals surface area contributed by atoms with Crippen LogP contribution in [0.3, 0.4) is 0 Å². The molecule has 0 saturated carbocycles. The van der Waals surface area contributed by atoms with E-state index in [-0.39, 0.29) is 24.0 Å². The molecular formula is C31H33FN6O3S. The minimum absolute atomic E-state index is 0.0122. The lowest BCUT2D eigenvalue weighted by molar-refractivity contribution is -0.131. The molecule has 3 aromatic heterocycles. The van der Waals surface area contributed by atoms with Crippen LogP contribution >= 0.6 is 11.3 Å². The molecule has 11 heteroatoms. The number of pyridine rings is 1. The van der Waals surface area contributed by atoms with Gasteiger partial charge in [0.2, 0.25) is 11.9 Å². The number of anilines is 2. The van der Waals surface area contributed by atoms with E-state index >= 15 is 0 Å². The second kappa shape index (κ2) is 12.3. The zero-order valence-electron chi connectivity index (χ0n) is 23.4. The Kier molecular flexibility index (Phi) is 8.18. The van der Waals surface area contributed by atoms with E-state index in [1.165, 1.54) is 23.6 Å². The highest BCUT2D eigenvalue weighted by atomic mass is 32.1. The Morgan fingerprint density at radius 3 is 2.76 bits per heavy atom. The third-order valence-corrected chi connectivity index (χ3v) is 8.61. The molecule has 4 aromatic rings. The molecule has 2 atom stereocenters. The third-order valence-electron chi connectivity index (χ3n) is 7.84. The van der Waals surface area contributed by atoms with Crippen LogP contribution in [0, 0.1) is 5.95 Å². The van der Waals surface area contributed by atoms with Crippen LogP contribution < -0.4 is 15.0 Å². The van der Waals surface area contributed by atoms with E-state index in [9.17, 15) is 14.0 Å². The minimum atomic E-state index is -0.548. The van der Waals surface area contributed by atoms with Gasteiger partial charge in [-0.2, -0.15) is 4.39 Å². The van der Waals surface area contributed by atoms with Crippen molar-refractivity contribution in [3.63, 3.8) is 0 Å². The average molecular weight is 589 g/mol. The number of carbonyl (C=O) groups excluding carboxylic acids is 2. The van der Waals surface area contributed by atoms with Gasteiger partial charge in [0, 0.05) is 50.0 Å². The summed E-state index contributed by atoms with van der Waals surface area (Å²) in [6.07, 6.45) is 7.15. The number of carbonyl (C=O) groups is 2. The predicted molar refractivity (Wildman–Crippen MR) is 159 cm³/mol. The Labute approximate surface area is 248 Å². The first-order valence-corrected chi connectivity index (χ1v) is 15.1. The van der Waals surface area contributed by atoms with Gasteiger partial charge in [0.1, 0.15) is 17.5 Å². The molecule has 2 aliphatic heterocycles. The summed E-state index contributed by atoms with van der Waals surface area (Å²) in [5.41, 5.74) is 3.22. The predicted octanol–water partition coefficient (Wildman–Crippen LogP) is 5.51. The summed E-state index contributed by atoms with van der Waals surface area (Å²) >= 11 is 1.41. The standard InChI is InChI=1S/C31H33FN6O3S/c1-21(39)36-14-2-5-25(19-36)41-24-10-8-23(9-11-24)38-16-4-6-27(38)26-20-42-31(34-26)35-30(40)28-7-3-15-37(28)18-22-12-13-33-29(32)17-22/h3,7-13,15,17,20,25,27H,2,4-6,14,16,18-19H2,1H3,(H,34,35,40). The number of nitrogens with one attached hydrogen (secondary N) is 1. The van der Waals surface area contributed by atoms with Gasteiger partial charge in [-0.15, -0.1) is 11.3 Å². The van der Waals surface area contributed by atoms with Gasteiger partial charge in [0.15, 0.2) is 5.13 Å². The van der Waals surface area contributed by atoms with Crippen molar-refractivity contribution >= 4 is 34.0 Å². The fourth-order valence-corrected chi connectivity index (χ4v) is 6.52. The van der Waals surface area contributed by atoms with Crippen molar-refractivity contribution in [2.75, 3.05) is 29.9 Å². The Hall–Kier alpha value is -4.25. The molecule has 1 N–H and O–H groups in total. The van der Waals surface area contributed by atoms with Crippen molar-refractivity contribution in [1.82, 2.24) is 19.4 Å². The van der Waals surface area contributed by atoms with Gasteiger partial charge in [0.25, 0.3) is 5.91 Å². The maximum Gasteiger partial charge on any atom is 0.274 e. The molecule has 2 unspecified atom stereocenters. The van der Waals surface area contributed by atoms with E-state index in [0.717, 1.165) is 61.5 Å². The lowest BCUT2D eigenvalue weighted by Gasteiger charge is -2.32. The Morgan fingerprint density at radius 2 is 1.95 bits per heavy atom. The number of aromatic nitrogens is 3. The minimum Gasteiger partial charge on any atom is -0.489 e. The van der Waals surface area contributed by atoms with Crippen LogP contribution in [0.1, 0.15) is 60.4 Å². The van der Waals surface area contributed by atoms with Crippen molar-refractivity contribution in [3.8, 4) is 5.75 Å². The topological polar surface area (TPSA) is 92.6 Å². The van der Waals surface area contributed by atoms with Crippen LogP contribution in [0.15, 0.2) is 66.3 Å². The summed E-state index contributed by atoms with van der Waals surface area (Å²) in [7, 11) is 0. The number of hydrogen-bond donors (Lipinski definition) is 1. The van der Waals surface area contributed by atoms with E-state index < -0.39 is 5.95 Å².